The van der Waals surface area contributed by atoms with Crippen LogP contribution in [-0.4, -0.2) is 29.4 Å². The second kappa shape index (κ2) is 6.62. The number of ether oxygens (including phenoxy) is 1. The molecule has 1 aliphatic heterocycles. The van der Waals surface area contributed by atoms with Crippen LogP contribution in [0.1, 0.15) is 11.8 Å². The molecule has 2 heterocycles. The number of carbonyl (C=O) groups excluding carboxylic acids is 3. The molecule has 0 N–H and O–H groups in total. The monoisotopic (exact) mass is 364 g/mol. The highest BCUT2D eigenvalue weighted by Gasteiger charge is 2.46. The third-order valence-electron chi connectivity index (χ3n) is 3.40. The third-order valence-corrected chi connectivity index (χ3v) is 4.62. The Kier molecular flexibility index (Phi) is 4.55. The van der Waals surface area contributed by atoms with E-state index >= 15 is 0 Å². The molecule has 1 saturated heterocycles. The van der Waals surface area contributed by atoms with Gasteiger partial charge in [0.05, 0.1) is 23.2 Å². The Hall–Kier alpha value is -2.38. The molecule has 1 aromatic heterocycles. The molecule has 0 atom stereocenters. The van der Waals surface area contributed by atoms with E-state index in [4.69, 9.17) is 16.3 Å². The van der Waals surface area contributed by atoms with E-state index in [9.17, 15) is 14.4 Å². The van der Waals surface area contributed by atoms with Crippen LogP contribution in [-0.2, 0) is 16.1 Å². The molecular formula is C16H13ClN2O4S. The first-order chi connectivity index (χ1) is 11.5. The van der Waals surface area contributed by atoms with Crippen LogP contribution in [0.15, 0.2) is 36.4 Å². The van der Waals surface area contributed by atoms with Gasteiger partial charge in [-0.05, 0) is 31.2 Å². The summed E-state index contributed by atoms with van der Waals surface area (Å²) in [6, 6.07) is 9.31. The fraction of sp³-hybridized carbons (Fsp3) is 0.188. The predicted octanol–water partition coefficient (Wildman–Crippen LogP) is 3.30. The predicted molar refractivity (Wildman–Crippen MR) is 90.4 cm³/mol. The number of benzene rings is 1. The summed E-state index contributed by atoms with van der Waals surface area (Å²) in [5.41, 5.74) is 0.259. The number of hydrogen-bond acceptors (Lipinski definition) is 5. The second-order valence-corrected chi connectivity index (χ2v) is 6.72. The van der Waals surface area contributed by atoms with Gasteiger partial charge in [0.2, 0.25) is 0 Å². The minimum Gasteiger partial charge on any atom is -0.492 e. The highest BCUT2D eigenvalue weighted by Crippen LogP contribution is 2.33. The highest BCUT2D eigenvalue weighted by atomic mass is 35.5. The molecule has 0 radical (unpaired) electrons. The molecule has 3 rings (SSSR count). The lowest BCUT2D eigenvalue weighted by Gasteiger charge is -2.17. The van der Waals surface area contributed by atoms with Crippen LogP contribution in [0.3, 0.4) is 0 Å². The smallest absolute Gasteiger partial charge is 0.339 e. The Morgan fingerprint density at radius 3 is 2.50 bits per heavy atom. The van der Waals surface area contributed by atoms with Gasteiger partial charge in [0.1, 0.15) is 5.75 Å². The molecule has 1 fully saturated rings. The Bertz CT molecular complexity index is 820. The number of urea groups is 1. The van der Waals surface area contributed by atoms with E-state index in [0.717, 1.165) is 14.7 Å². The van der Waals surface area contributed by atoms with Gasteiger partial charge in [0, 0.05) is 4.88 Å². The molecule has 6 nitrogen and oxygen atoms in total. The quantitative estimate of drug-likeness (QED) is 0.603. The zero-order valence-electron chi connectivity index (χ0n) is 12.7. The summed E-state index contributed by atoms with van der Waals surface area (Å²) >= 11 is 7.12. The van der Waals surface area contributed by atoms with E-state index < -0.39 is 17.8 Å². The first kappa shape index (κ1) is 16.5. The molecular weight excluding hydrogens is 352 g/mol. The summed E-state index contributed by atoms with van der Waals surface area (Å²) in [6.45, 7) is 2.18. The van der Waals surface area contributed by atoms with Crippen molar-refractivity contribution >= 4 is 46.5 Å². The van der Waals surface area contributed by atoms with Gasteiger partial charge in [-0.25, -0.2) is 14.6 Å². The Balaban J connectivity index is 1.92. The Labute approximate surface area is 147 Å². The SMILES string of the molecule is CCOc1ccccc1N1C(=O)C(=O)N(Cc2ccc(Cl)s2)C1=O. The lowest BCUT2D eigenvalue weighted by atomic mass is 10.2. The molecule has 1 aromatic carbocycles. The maximum atomic E-state index is 12.6. The fourth-order valence-electron chi connectivity index (χ4n) is 2.37. The van der Waals surface area contributed by atoms with E-state index in [1.807, 2.05) is 0 Å². The standard InChI is InChI=1S/C16H13ClN2O4S/c1-2-23-12-6-4-3-5-11(12)19-15(21)14(20)18(16(19)22)9-10-7-8-13(17)24-10/h3-8H,2,9H2,1H3. The van der Waals surface area contributed by atoms with Gasteiger partial charge < -0.3 is 4.74 Å². The highest BCUT2D eigenvalue weighted by molar-refractivity contribution is 7.16. The molecule has 2 aromatic rings. The zero-order valence-corrected chi connectivity index (χ0v) is 14.3. The Morgan fingerprint density at radius 2 is 1.83 bits per heavy atom. The molecule has 0 unspecified atom stereocenters. The zero-order chi connectivity index (χ0) is 17.3. The average molecular weight is 365 g/mol. The van der Waals surface area contributed by atoms with Gasteiger partial charge in [-0.3, -0.25) is 9.59 Å². The number of hydrogen-bond donors (Lipinski definition) is 0. The molecule has 24 heavy (non-hydrogen) atoms. The topological polar surface area (TPSA) is 66.9 Å². The summed E-state index contributed by atoms with van der Waals surface area (Å²) in [5.74, 6) is -1.39. The largest absolute Gasteiger partial charge is 0.492 e. The summed E-state index contributed by atoms with van der Waals surface area (Å²) < 4.78 is 6.00. The van der Waals surface area contributed by atoms with Crippen molar-refractivity contribution in [3.05, 3.63) is 45.6 Å². The summed E-state index contributed by atoms with van der Waals surface area (Å²) in [7, 11) is 0. The van der Waals surface area contributed by atoms with E-state index in [2.05, 4.69) is 0 Å². The van der Waals surface area contributed by atoms with E-state index in [1.54, 1.807) is 43.3 Å². The molecule has 8 heteroatoms. The first-order valence-electron chi connectivity index (χ1n) is 7.19. The molecule has 1 aliphatic rings. The van der Waals surface area contributed by atoms with Crippen molar-refractivity contribution in [2.24, 2.45) is 0 Å². The lowest BCUT2D eigenvalue weighted by Crippen LogP contribution is -2.33. The number of amides is 4. The maximum Gasteiger partial charge on any atom is 0.339 e. The number of imide groups is 2. The van der Waals surface area contributed by atoms with Crippen LogP contribution in [0.5, 0.6) is 5.75 Å². The van der Waals surface area contributed by atoms with E-state index in [0.29, 0.717) is 16.7 Å². The van der Waals surface area contributed by atoms with Crippen molar-refractivity contribution in [2.75, 3.05) is 11.5 Å². The van der Waals surface area contributed by atoms with Crippen molar-refractivity contribution in [1.82, 2.24) is 4.90 Å². The van der Waals surface area contributed by atoms with Crippen LogP contribution in [0.4, 0.5) is 10.5 Å². The molecule has 0 spiro atoms. The fourth-order valence-corrected chi connectivity index (χ4v) is 3.45. The molecule has 0 saturated carbocycles. The van der Waals surface area contributed by atoms with Gasteiger partial charge in [0.15, 0.2) is 0 Å². The first-order valence-corrected chi connectivity index (χ1v) is 8.38. The van der Waals surface area contributed by atoms with Crippen LogP contribution in [0.25, 0.3) is 0 Å². The van der Waals surface area contributed by atoms with E-state index in [1.165, 1.54) is 11.3 Å². The number of para-hydroxylation sites is 2. The van der Waals surface area contributed by atoms with Crippen LogP contribution >= 0.6 is 22.9 Å². The van der Waals surface area contributed by atoms with E-state index in [-0.39, 0.29) is 12.2 Å². The van der Waals surface area contributed by atoms with Crippen molar-refractivity contribution < 1.29 is 19.1 Å². The Morgan fingerprint density at radius 1 is 1.08 bits per heavy atom. The molecule has 0 bridgehead atoms. The van der Waals surface area contributed by atoms with Gasteiger partial charge in [-0.15, -0.1) is 11.3 Å². The summed E-state index contributed by atoms with van der Waals surface area (Å²) in [4.78, 5) is 39.6. The number of rotatable bonds is 5. The van der Waals surface area contributed by atoms with Crippen LogP contribution in [0, 0.1) is 0 Å². The summed E-state index contributed by atoms with van der Waals surface area (Å²) in [5, 5.41) is 0. The number of carbonyl (C=O) groups is 3. The molecule has 124 valence electrons. The number of nitrogens with zero attached hydrogens (tertiary/aromatic N) is 2. The van der Waals surface area contributed by atoms with Crippen LogP contribution < -0.4 is 9.64 Å². The van der Waals surface area contributed by atoms with Gasteiger partial charge >= 0.3 is 17.8 Å². The number of anilines is 1. The van der Waals surface area contributed by atoms with Gasteiger partial charge in [-0.1, -0.05) is 23.7 Å². The maximum absolute atomic E-state index is 12.6. The summed E-state index contributed by atoms with van der Waals surface area (Å²) in [6.07, 6.45) is 0. The number of thiophene rings is 1. The number of halogens is 1. The van der Waals surface area contributed by atoms with Crippen molar-refractivity contribution in [3.63, 3.8) is 0 Å². The minimum absolute atomic E-state index is 0.00803. The molecule has 4 amide bonds. The van der Waals surface area contributed by atoms with Gasteiger partial charge in [0.25, 0.3) is 0 Å². The van der Waals surface area contributed by atoms with Crippen LogP contribution in [0.2, 0.25) is 4.34 Å². The average Bonchev–Trinajstić information content (AvgIpc) is 3.06. The van der Waals surface area contributed by atoms with Crippen molar-refractivity contribution in [1.29, 1.82) is 0 Å². The van der Waals surface area contributed by atoms with Crippen molar-refractivity contribution in [2.45, 2.75) is 13.5 Å². The molecule has 0 aliphatic carbocycles. The third kappa shape index (κ3) is 2.88. The second-order valence-electron chi connectivity index (χ2n) is 4.92. The minimum atomic E-state index is -0.894. The van der Waals surface area contributed by atoms with Gasteiger partial charge in [-0.2, -0.15) is 0 Å². The van der Waals surface area contributed by atoms with Crippen molar-refractivity contribution in [3.8, 4) is 5.75 Å². The lowest BCUT2D eigenvalue weighted by molar-refractivity contribution is -0.139. The normalized spacial score (nSPS) is 14.7.